The Bertz CT molecular complexity index is 602. The Hall–Kier alpha value is -2.23. The van der Waals surface area contributed by atoms with Crippen molar-refractivity contribution in [2.45, 2.75) is 12.8 Å². The van der Waals surface area contributed by atoms with Gasteiger partial charge in [-0.25, -0.2) is 0 Å². The number of hydrogen-bond acceptors (Lipinski definition) is 4. The van der Waals surface area contributed by atoms with Gasteiger partial charge < -0.3 is 14.4 Å². The second kappa shape index (κ2) is 6.69. The molecule has 116 valence electrons. The molecule has 1 aliphatic carbocycles. The quantitative estimate of drug-likeness (QED) is 0.725. The van der Waals surface area contributed by atoms with Gasteiger partial charge in [0.2, 0.25) is 0 Å². The van der Waals surface area contributed by atoms with Gasteiger partial charge >= 0.3 is 0 Å². The average molecular weight is 299 g/mol. The van der Waals surface area contributed by atoms with Gasteiger partial charge in [-0.2, -0.15) is 0 Å². The predicted octanol–water partition coefficient (Wildman–Crippen LogP) is 3.05. The van der Waals surface area contributed by atoms with E-state index in [-0.39, 0.29) is 5.78 Å². The van der Waals surface area contributed by atoms with Crippen molar-refractivity contribution in [3.8, 4) is 11.5 Å². The molecule has 1 fully saturated rings. The number of allylic oxidation sites excluding steroid dienone is 2. The van der Waals surface area contributed by atoms with E-state index < -0.39 is 0 Å². The lowest BCUT2D eigenvalue weighted by Crippen LogP contribution is -2.26. The molecule has 0 amide bonds. The molecule has 0 saturated heterocycles. The van der Waals surface area contributed by atoms with E-state index in [2.05, 4.69) is 0 Å². The van der Waals surface area contributed by atoms with Crippen molar-refractivity contribution >= 4 is 5.78 Å². The summed E-state index contributed by atoms with van der Waals surface area (Å²) in [4.78, 5) is 14.4. The van der Waals surface area contributed by atoms with Crippen LogP contribution in [-0.2, 0) is 0 Å². The predicted molar refractivity (Wildman–Crippen MR) is 85.4 cm³/mol. The molecular weight excluding hydrogens is 278 g/mol. The van der Waals surface area contributed by atoms with E-state index in [0.29, 0.717) is 36.1 Å². The topological polar surface area (TPSA) is 38.8 Å². The van der Waals surface area contributed by atoms with Crippen LogP contribution in [0.4, 0.5) is 0 Å². The fourth-order valence-corrected chi connectivity index (χ4v) is 2.36. The first kappa shape index (κ1) is 14.7. The number of ether oxygens (including phenoxy) is 2. The second-order valence-electron chi connectivity index (χ2n) is 5.74. The Morgan fingerprint density at radius 1 is 1.27 bits per heavy atom. The van der Waals surface area contributed by atoms with Crippen LogP contribution in [0.2, 0.25) is 0 Å². The minimum atomic E-state index is 0.0823. The molecule has 0 unspecified atom stereocenters. The third-order valence-electron chi connectivity index (χ3n) is 3.89. The average Bonchev–Trinajstić information content (AvgIpc) is 3.38. The number of carbonyl (C=O) groups is 1. The van der Waals surface area contributed by atoms with Crippen LogP contribution >= 0.6 is 0 Å². The van der Waals surface area contributed by atoms with Crippen molar-refractivity contribution in [3.05, 3.63) is 48.2 Å². The monoisotopic (exact) mass is 299 g/mol. The van der Waals surface area contributed by atoms with Gasteiger partial charge in [0.25, 0.3) is 0 Å². The van der Waals surface area contributed by atoms with E-state index in [9.17, 15) is 4.79 Å². The summed E-state index contributed by atoms with van der Waals surface area (Å²) in [6.07, 6.45) is 10.4. The molecule has 2 aliphatic rings. The molecule has 4 nitrogen and oxygen atoms in total. The Kier molecular flexibility index (Phi) is 4.47. The lowest BCUT2D eigenvalue weighted by Gasteiger charge is -2.19. The van der Waals surface area contributed by atoms with Crippen LogP contribution in [0.25, 0.3) is 0 Å². The first-order valence-corrected chi connectivity index (χ1v) is 7.67. The molecule has 0 spiro atoms. The van der Waals surface area contributed by atoms with E-state index in [0.717, 1.165) is 6.54 Å². The summed E-state index contributed by atoms with van der Waals surface area (Å²) in [5.74, 6) is 2.08. The lowest BCUT2D eigenvalue weighted by molar-refractivity contribution is 0.0958. The molecule has 1 heterocycles. The first-order chi connectivity index (χ1) is 10.8. The van der Waals surface area contributed by atoms with Crippen molar-refractivity contribution in [1.29, 1.82) is 0 Å². The molecule has 3 rings (SSSR count). The van der Waals surface area contributed by atoms with Gasteiger partial charge in [0.15, 0.2) is 17.3 Å². The summed E-state index contributed by atoms with van der Waals surface area (Å²) in [5.41, 5.74) is 0.662. The zero-order chi connectivity index (χ0) is 15.4. The summed E-state index contributed by atoms with van der Waals surface area (Å²) >= 11 is 0. The maximum Gasteiger partial charge on any atom is 0.182 e. The molecule has 0 N–H and O–H groups in total. The molecule has 1 aromatic rings. The van der Waals surface area contributed by atoms with E-state index >= 15 is 0 Å². The summed E-state index contributed by atoms with van der Waals surface area (Å²) in [6, 6.07) is 5.41. The molecule has 1 saturated carbocycles. The van der Waals surface area contributed by atoms with Gasteiger partial charge in [-0.1, -0.05) is 12.2 Å². The van der Waals surface area contributed by atoms with Crippen LogP contribution in [0.3, 0.4) is 0 Å². The van der Waals surface area contributed by atoms with Gasteiger partial charge in [-0.3, -0.25) is 4.79 Å². The van der Waals surface area contributed by atoms with E-state index in [1.807, 2.05) is 29.3 Å². The zero-order valence-electron chi connectivity index (χ0n) is 12.8. The number of hydrogen-bond donors (Lipinski definition) is 0. The molecule has 1 aliphatic heterocycles. The maximum atomic E-state index is 12.4. The van der Waals surface area contributed by atoms with Gasteiger partial charge in [0.1, 0.15) is 0 Å². The van der Waals surface area contributed by atoms with Crippen molar-refractivity contribution in [1.82, 2.24) is 4.90 Å². The van der Waals surface area contributed by atoms with Crippen LogP contribution in [0, 0.1) is 5.92 Å². The number of methoxy groups -OCH3 is 1. The van der Waals surface area contributed by atoms with Gasteiger partial charge in [0.05, 0.1) is 20.3 Å². The largest absolute Gasteiger partial charge is 0.493 e. The Morgan fingerprint density at radius 3 is 2.82 bits per heavy atom. The number of rotatable bonds is 7. The van der Waals surface area contributed by atoms with Gasteiger partial charge in [-0.05, 0) is 49.2 Å². The number of nitrogens with zero attached hydrogens (tertiary/aromatic N) is 1. The second-order valence-corrected chi connectivity index (χ2v) is 5.74. The minimum Gasteiger partial charge on any atom is -0.493 e. The highest BCUT2D eigenvalue weighted by molar-refractivity contribution is 5.98. The summed E-state index contributed by atoms with van der Waals surface area (Å²) in [6.45, 7) is 1.84. The third-order valence-corrected chi connectivity index (χ3v) is 3.89. The highest BCUT2D eigenvalue weighted by Gasteiger charge is 2.23. The molecule has 0 aromatic heterocycles. The summed E-state index contributed by atoms with van der Waals surface area (Å²) in [7, 11) is 1.62. The standard InChI is InChI=1S/C18H21NO3/c1-21-17-8-7-15(11-18(17)22-13-14-5-6-14)16(20)12-19-9-3-2-4-10-19/h2-4,7-9,11,14H,5-6,10,12-13H2,1H3. The highest BCUT2D eigenvalue weighted by atomic mass is 16.5. The summed E-state index contributed by atoms with van der Waals surface area (Å²) in [5, 5.41) is 0. The van der Waals surface area contributed by atoms with Crippen LogP contribution in [0.15, 0.2) is 42.6 Å². The number of carbonyl (C=O) groups excluding carboxylic acids is 1. The van der Waals surface area contributed by atoms with Crippen molar-refractivity contribution in [2.24, 2.45) is 5.92 Å². The van der Waals surface area contributed by atoms with Crippen LogP contribution < -0.4 is 9.47 Å². The van der Waals surface area contributed by atoms with Gasteiger partial charge in [-0.15, -0.1) is 0 Å². The first-order valence-electron chi connectivity index (χ1n) is 7.67. The third kappa shape index (κ3) is 3.70. The van der Waals surface area contributed by atoms with Crippen LogP contribution in [0.1, 0.15) is 23.2 Å². The molecular formula is C18H21NO3. The van der Waals surface area contributed by atoms with Crippen LogP contribution in [-0.4, -0.2) is 37.5 Å². The van der Waals surface area contributed by atoms with E-state index in [4.69, 9.17) is 9.47 Å². The van der Waals surface area contributed by atoms with Crippen molar-refractivity contribution in [2.75, 3.05) is 26.8 Å². The Morgan fingerprint density at radius 2 is 2.14 bits per heavy atom. The summed E-state index contributed by atoms with van der Waals surface area (Å²) < 4.78 is 11.1. The zero-order valence-corrected chi connectivity index (χ0v) is 12.8. The molecule has 0 atom stereocenters. The molecule has 0 radical (unpaired) electrons. The van der Waals surface area contributed by atoms with Crippen LogP contribution in [0.5, 0.6) is 11.5 Å². The molecule has 0 bridgehead atoms. The molecule has 4 heteroatoms. The molecule has 1 aromatic carbocycles. The number of Topliss-reactive ketones (excluding diaryl/α,β-unsaturated/α-hetero) is 1. The minimum absolute atomic E-state index is 0.0823. The van der Waals surface area contributed by atoms with E-state index in [1.54, 1.807) is 25.3 Å². The molecule has 22 heavy (non-hydrogen) atoms. The SMILES string of the molecule is COc1ccc(C(=O)CN2C=CC=CC2)cc1OCC1CC1. The normalized spacial score (nSPS) is 16.7. The number of benzene rings is 1. The highest BCUT2D eigenvalue weighted by Crippen LogP contribution is 2.33. The fraction of sp³-hybridized carbons (Fsp3) is 0.389. The number of ketones is 1. The van der Waals surface area contributed by atoms with Crippen molar-refractivity contribution in [3.63, 3.8) is 0 Å². The Labute approximate surface area is 131 Å². The Balaban J connectivity index is 1.68. The smallest absolute Gasteiger partial charge is 0.182 e. The fourth-order valence-electron chi connectivity index (χ4n) is 2.36. The lowest BCUT2D eigenvalue weighted by atomic mass is 10.1. The van der Waals surface area contributed by atoms with E-state index in [1.165, 1.54) is 12.8 Å². The van der Waals surface area contributed by atoms with Gasteiger partial charge in [0, 0.05) is 12.1 Å². The van der Waals surface area contributed by atoms with Crippen molar-refractivity contribution < 1.29 is 14.3 Å². The maximum absolute atomic E-state index is 12.4.